The molecule has 2 heterocycles. The van der Waals surface area contributed by atoms with Crippen LogP contribution in [0, 0.1) is 10.1 Å². The molecule has 2 amide bonds. The maximum Gasteiger partial charge on any atom is 0.276 e. The van der Waals surface area contributed by atoms with E-state index in [0.29, 0.717) is 10.7 Å². The van der Waals surface area contributed by atoms with Gasteiger partial charge in [0.25, 0.3) is 11.6 Å². The number of hydrogen-bond donors (Lipinski definition) is 1. The molecule has 0 aromatic heterocycles. The first kappa shape index (κ1) is 21.8. The van der Waals surface area contributed by atoms with Crippen LogP contribution in [-0.2, 0) is 14.5 Å². The Balaban J connectivity index is 1.60. The van der Waals surface area contributed by atoms with Crippen LogP contribution in [0.1, 0.15) is 25.0 Å². The average Bonchev–Trinajstić information content (AvgIpc) is 3.29. The van der Waals surface area contributed by atoms with Crippen molar-refractivity contribution in [3.05, 3.63) is 80.7 Å². The van der Waals surface area contributed by atoms with E-state index in [1.807, 2.05) is 37.3 Å². The first-order valence-corrected chi connectivity index (χ1v) is 11.1. The van der Waals surface area contributed by atoms with E-state index in [1.54, 1.807) is 18.2 Å². The van der Waals surface area contributed by atoms with Gasteiger partial charge in [-0.1, -0.05) is 42.5 Å². The fourth-order valence-corrected chi connectivity index (χ4v) is 5.25. The minimum absolute atomic E-state index is 0.0924. The van der Waals surface area contributed by atoms with Gasteiger partial charge < -0.3 is 5.32 Å². The van der Waals surface area contributed by atoms with Crippen molar-refractivity contribution in [2.24, 2.45) is 10.1 Å². The van der Waals surface area contributed by atoms with Crippen molar-refractivity contribution < 1.29 is 14.5 Å². The van der Waals surface area contributed by atoms with E-state index < -0.39 is 15.7 Å². The van der Waals surface area contributed by atoms with E-state index in [9.17, 15) is 19.7 Å². The molecule has 1 N–H and O–H groups in total. The summed E-state index contributed by atoms with van der Waals surface area (Å²) in [5.74, 6) is -0.649. The highest BCUT2D eigenvalue weighted by Gasteiger charge is 2.44. The number of hydrazone groups is 1. The molecule has 2 aliphatic rings. The largest absolute Gasteiger partial charge is 0.300 e. The van der Waals surface area contributed by atoms with Gasteiger partial charge in [0, 0.05) is 13.0 Å². The quantitative estimate of drug-likeness (QED) is 0.416. The third-order valence-electron chi connectivity index (χ3n) is 4.76. The molecule has 0 radical (unpaired) electrons. The standard InChI is InChI=1S/C21H17N5O4S2/c1-13(27)25-21(2,15-9-4-3-5-10-15)32-20(24-25)23-19-22-18(28)17(31-19)12-14-8-6-7-11-16(14)26(29)30/h3-12H,1-2H3,(H,22,23,24,28)/b17-12-. The van der Waals surface area contributed by atoms with Crippen LogP contribution in [-0.4, -0.2) is 32.1 Å². The van der Waals surface area contributed by atoms with Crippen LogP contribution >= 0.6 is 23.5 Å². The summed E-state index contributed by atoms with van der Waals surface area (Å²) in [5, 5.41) is 20.2. The van der Waals surface area contributed by atoms with Crippen LogP contribution in [0.15, 0.2) is 69.6 Å². The first-order chi connectivity index (χ1) is 15.3. The van der Waals surface area contributed by atoms with Crippen LogP contribution in [0.2, 0.25) is 0 Å². The highest BCUT2D eigenvalue weighted by atomic mass is 32.2. The zero-order chi connectivity index (χ0) is 22.9. The van der Waals surface area contributed by atoms with Crippen LogP contribution < -0.4 is 5.32 Å². The zero-order valence-electron chi connectivity index (χ0n) is 17.0. The lowest BCUT2D eigenvalue weighted by atomic mass is 10.1. The van der Waals surface area contributed by atoms with Gasteiger partial charge in [-0.25, -0.2) is 5.01 Å². The molecule has 1 saturated heterocycles. The predicted octanol–water partition coefficient (Wildman–Crippen LogP) is 3.89. The molecule has 0 bridgehead atoms. The number of nitrogens with zero attached hydrogens (tertiary/aromatic N) is 4. The Kier molecular flexibility index (Phi) is 5.85. The van der Waals surface area contributed by atoms with Crippen LogP contribution in [0.4, 0.5) is 5.69 Å². The lowest BCUT2D eigenvalue weighted by Crippen LogP contribution is -2.37. The maximum atomic E-state index is 12.4. The Morgan fingerprint density at radius 1 is 1.22 bits per heavy atom. The van der Waals surface area contributed by atoms with E-state index in [0.717, 1.165) is 17.3 Å². The topological polar surface area (TPSA) is 117 Å². The van der Waals surface area contributed by atoms with Crippen molar-refractivity contribution >= 4 is 57.4 Å². The number of amides is 2. The molecule has 1 unspecified atom stereocenters. The Morgan fingerprint density at radius 2 is 1.91 bits per heavy atom. The molecule has 2 aromatic carbocycles. The zero-order valence-corrected chi connectivity index (χ0v) is 18.6. The SMILES string of the molecule is CC(=O)N1N=C(N=C2NC(=O)/C(=C/c3ccccc3[N+](=O)[O-])S2)SC1(C)c1ccccc1. The normalized spacial score (nSPS) is 22.9. The minimum atomic E-state index is -0.775. The van der Waals surface area contributed by atoms with Gasteiger partial charge in [-0.3, -0.25) is 19.7 Å². The van der Waals surface area contributed by atoms with Crippen molar-refractivity contribution in [3.63, 3.8) is 0 Å². The summed E-state index contributed by atoms with van der Waals surface area (Å²) in [6, 6.07) is 15.7. The number of nitrogens with one attached hydrogen (secondary N) is 1. The summed E-state index contributed by atoms with van der Waals surface area (Å²) in [7, 11) is 0. The molecule has 4 rings (SSSR count). The van der Waals surface area contributed by atoms with Crippen molar-refractivity contribution in [2.75, 3.05) is 0 Å². The number of nitro benzene ring substituents is 1. The summed E-state index contributed by atoms with van der Waals surface area (Å²) >= 11 is 2.35. The molecule has 162 valence electrons. The third kappa shape index (κ3) is 4.16. The Labute approximate surface area is 191 Å². The second kappa shape index (κ2) is 8.60. The fourth-order valence-electron chi connectivity index (χ4n) is 3.25. The Morgan fingerprint density at radius 3 is 2.59 bits per heavy atom. The molecular weight excluding hydrogens is 450 g/mol. The maximum absolute atomic E-state index is 12.4. The monoisotopic (exact) mass is 467 g/mol. The molecule has 1 fully saturated rings. The lowest BCUT2D eigenvalue weighted by Gasteiger charge is -2.30. The van der Waals surface area contributed by atoms with Crippen molar-refractivity contribution in [1.82, 2.24) is 10.3 Å². The van der Waals surface area contributed by atoms with Gasteiger partial charge in [0.2, 0.25) is 11.1 Å². The number of carbonyl (C=O) groups excluding carboxylic acids is 2. The highest BCUT2D eigenvalue weighted by Crippen LogP contribution is 2.46. The van der Waals surface area contributed by atoms with E-state index in [1.165, 1.54) is 35.8 Å². The molecule has 1 atom stereocenters. The van der Waals surface area contributed by atoms with Gasteiger partial charge in [-0.05, 0) is 48.2 Å². The number of para-hydroxylation sites is 1. The van der Waals surface area contributed by atoms with Gasteiger partial charge in [0.05, 0.1) is 15.4 Å². The second-order valence-electron chi connectivity index (χ2n) is 6.96. The number of thioether (sulfide) groups is 2. The number of amidine groups is 2. The van der Waals surface area contributed by atoms with Gasteiger partial charge >= 0.3 is 0 Å². The van der Waals surface area contributed by atoms with Crippen molar-refractivity contribution in [2.45, 2.75) is 18.7 Å². The molecule has 11 heteroatoms. The van der Waals surface area contributed by atoms with E-state index in [-0.39, 0.29) is 21.7 Å². The van der Waals surface area contributed by atoms with Crippen LogP contribution in [0.3, 0.4) is 0 Å². The fraction of sp³-hybridized carbons (Fsp3) is 0.143. The number of aliphatic imine (C=N–C) groups is 1. The molecule has 2 aromatic rings. The number of rotatable bonds is 3. The molecule has 0 saturated carbocycles. The smallest absolute Gasteiger partial charge is 0.276 e. The van der Waals surface area contributed by atoms with Crippen molar-refractivity contribution in [1.29, 1.82) is 0 Å². The second-order valence-corrected chi connectivity index (χ2v) is 9.36. The Hall–Kier alpha value is -3.44. The summed E-state index contributed by atoms with van der Waals surface area (Å²) in [6.07, 6.45) is 1.46. The van der Waals surface area contributed by atoms with E-state index in [2.05, 4.69) is 15.4 Å². The first-order valence-electron chi connectivity index (χ1n) is 9.45. The summed E-state index contributed by atoms with van der Waals surface area (Å²) in [6.45, 7) is 3.31. The van der Waals surface area contributed by atoms with E-state index >= 15 is 0 Å². The molecule has 9 nitrogen and oxygen atoms in total. The molecular formula is C21H17N5O4S2. The summed E-state index contributed by atoms with van der Waals surface area (Å²) < 4.78 is 0. The average molecular weight is 468 g/mol. The highest BCUT2D eigenvalue weighted by molar-refractivity contribution is 8.19. The predicted molar refractivity (Wildman–Crippen MR) is 126 cm³/mol. The van der Waals surface area contributed by atoms with Crippen molar-refractivity contribution in [3.8, 4) is 0 Å². The van der Waals surface area contributed by atoms with Gasteiger partial charge in [-0.15, -0.1) is 5.10 Å². The molecule has 0 spiro atoms. The third-order valence-corrected chi connectivity index (χ3v) is 6.83. The van der Waals surface area contributed by atoms with Crippen LogP contribution in [0.5, 0.6) is 0 Å². The summed E-state index contributed by atoms with van der Waals surface area (Å²) in [4.78, 5) is 39.3. The molecule has 32 heavy (non-hydrogen) atoms. The lowest BCUT2D eigenvalue weighted by molar-refractivity contribution is -0.385. The molecule has 2 aliphatic heterocycles. The minimum Gasteiger partial charge on any atom is -0.300 e. The van der Waals surface area contributed by atoms with Gasteiger partial charge in [-0.2, -0.15) is 4.99 Å². The molecule has 0 aliphatic carbocycles. The number of carbonyl (C=O) groups is 2. The van der Waals surface area contributed by atoms with Gasteiger partial charge in [0.1, 0.15) is 4.87 Å². The summed E-state index contributed by atoms with van der Waals surface area (Å²) in [5.41, 5.74) is 1.12. The van der Waals surface area contributed by atoms with Gasteiger partial charge in [0.15, 0.2) is 5.17 Å². The van der Waals surface area contributed by atoms with E-state index in [4.69, 9.17) is 0 Å². The number of nitro groups is 1. The number of benzene rings is 2. The Bertz CT molecular complexity index is 1210. The van der Waals surface area contributed by atoms with Crippen LogP contribution in [0.25, 0.3) is 6.08 Å². The number of hydrogen-bond acceptors (Lipinski definition) is 8.